The van der Waals surface area contributed by atoms with Gasteiger partial charge in [0, 0.05) is 32.6 Å². The predicted octanol–water partition coefficient (Wildman–Crippen LogP) is 2.48. The molecule has 1 aromatic carbocycles. The van der Waals surface area contributed by atoms with Crippen LogP contribution >= 0.6 is 12.4 Å². The highest BCUT2D eigenvalue weighted by Gasteiger charge is 2.33. The standard InChI is InChI=1S/C20H31N3O2.ClH/c1-20(2,3)18(21)19(25)23-14-12-22(13-15-23)17(24)11-7-10-16-8-5-4-6-9-16;/h4-6,8-9,18H,7,10-15,21H2,1-3H3;1H/t18-;/m1./s1. The lowest BCUT2D eigenvalue weighted by Gasteiger charge is -2.38. The van der Waals surface area contributed by atoms with Crippen molar-refractivity contribution < 1.29 is 9.59 Å². The fourth-order valence-electron chi connectivity index (χ4n) is 2.99. The van der Waals surface area contributed by atoms with E-state index in [4.69, 9.17) is 5.73 Å². The summed E-state index contributed by atoms with van der Waals surface area (Å²) in [6.07, 6.45) is 2.34. The van der Waals surface area contributed by atoms with Gasteiger partial charge in [0.05, 0.1) is 6.04 Å². The molecule has 26 heavy (non-hydrogen) atoms. The largest absolute Gasteiger partial charge is 0.339 e. The minimum absolute atomic E-state index is 0. The molecule has 0 saturated carbocycles. The fourth-order valence-corrected chi connectivity index (χ4v) is 2.99. The Morgan fingerprint density at radius 1 is 1.04 bits per heavy atom. The fraction of sp³-hybridized carbons (Fsp3) is 0.600. The highest BCUT2D eigenvalue weighted by atomic mass is 35.5. The van der Waals surface area contributed by atoms with Crippen molar-refractivity contribution in [2.75, 3.05) is 26.2 Å². The minimum atomic E-state index is -0.499. The van der Waals surface area contributed by atoms with Gasteiger partial charge in [-0.3, -0.25) is 9.59 Å². The molecule has 0 bridgehead atoms. The van der Waals surface area contributed by atoms with Gasteiger partial charge in [0.25, 0.3) is 0 Å². The summed E-state index contributed by atoms with van der Waals surface area (Å²) in [5.41, 5.74) is 7.09. The lowest BCUT2D eigenvalue weighted by atomic mass is 9.86. The Labute approximate surface area is 163 Å². The smallest absolute Gasteiger partial charge is 0.240 e. The number of carbonyl (C=O) groups is 2. The number of nitrogens with two attached hydrogens (primary N) is 1. The van der Waals surface area contributed by atoms with Crippen molar-refractivity contribution in [3.63, 3.8) is 0 Å². The van der Waals surface area contributed by atoms with Crippen LogP contribution in [0.3, 0.4) is 0 Å². The topological polar surface area (TPSA) is 66.6 Å². The van der Waals surface area contributed by atoms with E-state index < -0.39 is 6.04 Å². The van der Waals surface area contributed by atoms with Crippen LogP contribution < -0.4 is 5.73 Å². The molecule has 1 aliphatic rings. The van der Waals surface area contributed by atoms with Gasteiger partial charge in [0.15, 0.2) is 0 Å². The Bertz CT molecular complexity index is 578. The molecule has 1 fully saturated rings. The van der Waals surface area contributed by atoms with Gasteiger partial charge < -0.3 is 15.5 Å². The van der Waals surface area contributed by atoms with Gasteiger partial charge in [0.1, 0.15) is 0 Å². The number of piperazine rings is 1. The number of carbonyl (C=O) groups excluding carboxylic acids is 2. The molecule has 0 aliphatic carbocycles. The van der Waals surface area contributed by atoms with Crippen molar-refractivity contribution in [1.29, 1.82) is 0 Å². The Kier molecular flexibility index (Phi) is 8.57. The summed E-state index contributed by atoms with van der Waals surface area (Å²) >= 11 is 0. The zero-order chi connectivity index (χ0) is 18.4. The molecule has 0 radical (unpaired) electrons. The molecule has 146 valence electrons. The van der Waals surface area contributed by atoms with Crippen LogP contribution in [0.25, 0.3) is 0 Å². The van der Waals surface area contributed by atoms with Crippen molar-refractivity contribution >= 4 is 24.2 Å². The minimum Gasteiger partial charge on any atom is -0.339 e. The molecule has 1 saturated heterocycles. The van der Waals surface area contributed by atoms with Crippen LogP contribution in [-0.2, 0) is 16.0 Å². The first-order valence-corrected chi connectivity index (χ1v) is 9.15. The predicted molar refractivity (Wildman–Crippen MR) is 107 cm³/mol. The number of amides is 2. The van der Waals surface area contributed by atoms with Crippen LogP contribution in [-0.4, -0.2) is 53.8 Å². The molecule has 0 spiro atoms. The zero-order valence-electron chi connectivity index (χ0n) is 16.1. The van der Waals surface area contributed by atoms with E-state index in [1.165, 1.54) is 5.56 Å². The van der Waals surface area contributed by atoms with Crippen molar-refractivity contribution in [3.05, 3.63) is 35.9 Å². The molecule has 2 rings (SSSR count). The summed E-state index contributed by atoms with van der Waals surface area (Å²) < 4.78 is 0. The number of rotatable bonds is 5. The number of halogens is 1. The highest BCUT2D eigenvalue weighted by molar-refractivity contribution is 5.85. The van der Waals surface area contributed by atoms with E-state index in [0.29, 0.717) is 32.6 Å². The first-order valence-electron chi connectivity index (χ1n) is 9.15. The quantitative estimate of drug-likeness (QED) is 0.851. The summed E-state index contributed by atoms with van der Waals surface area (Å²) in [4.78, 5) is 28.5. The maximum absolute atomic E-state index is 12.4. The lowest BCUT2D eigenvalue weighted by Crippen LogP contribution is -2.56. The average molecular weight is 382 g/mol. The maximum atomic E-state index is 12.4. The Balaban J connectivity index is 0.00000338. The van der Waals surface area contributed by atoms with E-state index in [9.17, 15) is 9.59 Å². The summed E-state index contributed by atoms with van der Waals surface area (Å²) in [6.45, 7) is 8.28. The summed E-state index contributed by atoms with van der Waals surface area (Å²) in [7, 11) is 0. The van der Waals surface area contributed by atoms with Gasteiger partial charge in [-0.2, -0.15) is 0 Å². The Morgan fingerprint density at radius 3 is 2.12 bits per heavy atom. The van der Waals surface area contributed by atoms with E-state index in [1.54, 1.807) is 4.90 Å². The van der Waals surface area contributed by atoms with Crippen LogP contribution in [0.5, 0.6) is 0 Å². The third-order valence-corrected chi connectivity index (χ3v) is 4.84. The zero-order valence-corrected chi connectivity index (χ0v) is 16.9. The molecular weight excluding hydrogens is 350 g/mol. The number of benzene rings is 1. The van der Waals surface area contributed by atoms with Crippen molar-refractivity contribution in [1.82, 2.24) is 9.80 Å². The van der Waals surface area contributed by atoms with Gasteiger partial charge in [-0.25, -0.2) is 0 Å². The SMILES string of the molecule is CC(C)(C)[C@H](N)C(=O)N1CCN(C(=O)CCCc2ccccc2)CC1.Cl. The van der Waals surface area contributed by atoms with Crippen LogP contribution in [0.1, 0.15) is 39.2 Å². The average Bonchev–Trinajstić information content (AvgIpc) is 2.60. The number of hydrogen-bond acceptors (Lipinski definition) is 3. The second kappa shape index (κ2) is 9.93. The van der Waals surface area contributed by atoms with Crippen molar-refractivity contribution in [3.8, 4) is 0 Å². The van der Waals surface area contributed by atoms with Crippen LogP contribution in [0.4, 0.5) is 0 Å². The third kappa shape index (κ3) is 6.29. The Hall–Kier alpha value is -1.59. The van der Waals surface area contributed by atoms with Gasteiger partial charge in [0.2, 0.25) is 11.8 Å². The second-order valence-corrected chi connectivity index (χ2v) is 7.89. The van der Waals surface area contributed by atoms with E-state index in [1.807, 2.05) is 43.9 Å². The van der Waals surface area contributed by atoms with Crippen LogP contribution in [0.15, 0.2) is 30.3 Å². The van der Waals surface area contributed by atoms with Crippen molar-refractivity contribution in [2.45, 2.75) is 46.1 Å². The Morgan fingerprint density at radius 2 is 1.58 bits per heavy atom. The number of hydrogen-bond donors (Lipinski definition) is 1. The third-order valence-electron chi connectivity index (χ3n) is 4.84. The van der Waals surface area contributed by atoms with Crippen molar-refractivity contribution in [2.24, 2.45) is 11.1 Å². The number of aryl methyl sites for hydroxylation is 1. The highest BCUT2D eigenvalue weighted by Crippen LogP contribution is 2.20. The molecule has 1 atom stereocenters. The van der Waals surface area contributed by atoms with E-state index >= 15 is 0 Å². The summed E-state index contributed by atoms with van der Waals surface area (Å²) in [5.74, 6) is 0.173. The molecule has 2 amide bonds. The van der Waals surface area contributed by atoms with E-state index in [0.717, 1.165) is 12.8 Å². The van der Waals surface area contributed by atoms with Crippen LogP contribution in [0, 0.1) is 5.41 Å². The first kappa shape index (κ1) is 22.5. The first-order chi connectivity index (χ1) is 11.8. The van der Waals surface area contributed by atoms with Crippen LogP contribution in [0.2, 0.25) is 0 Å². The molecule has 2 N–H and O–H groups in total. The van der Waals surface area contributed by atoms with Gasteiger partial charge in [-0.15, -0.1) is 12.4 Å². The molecule has 0 unspecified atom stereocenters. The molecule has 1 aliphatic heterocycles. The normalized spacial score (nSPS) is 16.0. The molecule has 5 nitrogen and oxygen atoms in total. The molecular formula is C20H32ClN3O2. The molecule has 1 aromatic rings. The number of nitrogens with zero attached hydrogens (tertiary/aromatic N) is 2. The van der Waals surface area contributed by atoms with E-state index in [2.05, 4.69) is 12.1 Å². The summed E-state index contributed by atoms with van der Waals surface area (Å²) in [5, 5.41) is 0. The maximum Gasteiger partial charge on any atom is 0.240 e. The van der Waals surface area contributed by atoms with Gasteiger partial charge >= 0.3 is 0 Å². The monoisotopic (exact) mass is 381 g/mol. The molecule has 0 aromatic heterocycles. The second-order valence-electron chi connectivity index (χ2n) is 7.89. The molecule has 6 heteroatoms. The lowest BCUT2D eigenvalue weighted by molar-refractivity contribution is -0.141. The van der Waals surface area contributed by atoms with Gasteiger partial charge in [-0.05, 0) is 23.8 Å². The summed E-state index contributed by atoms with van der Waals surface area (Å²) in [6, 6.07) is 9.73. The van der Waals surface area contributed by atoms with Gasteiger partial charge in [-0.1, -0.05) is 51.1 Å². The van der Waals surface area contributed by atoms with E-state index in [-0.39, 0.29) is 29.6 Å². The molecule has 1 heterocycles.